The number of hydrogen-bond donors (Lipinski definition) is 2. The number of ether oxygens (including phenoxy) is 2. The zero-order chi connectivity index (χ0) is 22.7. The van der Waals surface area contributed by atoms with Crippen LogP contribution in [0.15, 0.2) is 42.5 Å². The summed E-state index contributed by atoms with van der Waals surface area (Å²) in [6, 6.07) is 12.9. The standard InChI is InChI=1S/C25H29N3O4/c1-4-5-12-32-18-8-6-7-17(15-18)24-21-22(19-14-16(2)9-10-20(19)29)26-27-23(21)25(30)28(24)11-13-31-3/h6-10,14-15,24,29H,4-5,11-13H2,1-3H3,(H,26,27)/t24-/m1/s1. The number of unbranched alkanes of at least 4 members (excludes halogenated alkanes) is 1. The maximum absolute atomic E-state index is 13.3. The van der Waals surface area contributed by atoms with Crippen LogP contribution >= 0.6 is 0 Å². The summed E-state index contributed by atoms with van der Waals surface area (Å²) in [5.41, 5.74) is 4.31. The van der Waals surface area contributed by atoms with Gasteiger partial charge in [-0.2, -0.15) is 5.10 Å². The number of carbonyl (C=O) groups is 1. The first-order valence-corrected chi connectivity index (χ1v) is 11.0. The van der Waals surface area contributed by atoms with Crippen molar-refractivity contribution in [2.45, 2.75) is 32.7 Å². The Morgan fingerprint density at radius 3 is 2.81 bits per heavy atom. The molecule has 0 saturated heterocycles. The van der Waals surface area contributed by atoms with Gasteiger partial charge in [-0.25, -0.2) is 0 Å². The fraction of sp³-hybridized carbons (Fsp3) is 0.360. The maximum Gasteiger partial charge on any atom is 0.273 e. The first-order chi connectivity index (χ1) is 15.5. The van der Waals surface area contributed by atoms with E-state index in [1.165, 1.54) is 0 Å². The van der Waals surface area contributed by atoms with Crippen LogP contribution in [0.25, 0.3) is 11.3 Å². The molecule has 0 aliphatic carbocycles. The van der Waals surface area contributed by atoms with Crippen molar-refractivity contribution >= 4 is 5.91 Å². The summed E-state index contributed by atoms with van der Waals surface area (Å²) in [5.74, 6) is 0.764. The van der Waals surface area contributed by atoms with Gasteiger partial charge in [-0.3, -0.25) is 9.89 Å². The third-order valence-corrected chi connectivity index (χ3v) is 5.75. The van der Waals surface area contributed by atoms with E-state index >= 15 is 0 Å². The minimum Gasteiger partial charge on any atom is -0.507 e. The Labute approximate surface area is 188 Å². The summed E-state index contributed by atoms with van der Waals surface area (Å²) >= 11 is 0. The van der Waals surface area contributed by atoms with E-state index in [0.717, 1.165) is 35.3 Å². The van der Waals surface area contributed by atoms with Gasteiger partial charge in [0.25, 0.3) is 5.91 Å². The van der Waals surface area contributed by atoms with Crippen LogP contribution in [0.5, 0.6) is 11.5 Å². The molecule has 0 bridgehead atoms. The van der Waals surface area contributed by atoms with Crippen molar-refractivity contribution in [3.05, 3.63) is 64.8 Å². The van der Waals surface area contributed by atoms with Crippen LogP contribution in [-0.4, -0.2) is 53.0 Å². The van der Waals surface area contributed by atoms with Gasteiger partial charge in [-0.1, -0.05) is 37.1 Å². The van der Waals surface area contributed by atoms with Crippen LogP contribution in [0.4, 0.5) is 0 Å². The Balaban J connectivity index is 1.81. The van der Waals surface area contributed by atoms with E-state index < -0.39 is 0 Å². The topological polar surface area (TPSA) is 87.7 Å². The fourth-order valence-electron chi connectivity index (χ4n) is 4.12. The van der Waals surface area contributed by atoms with Gasteiger partial charge >= 0.3 is 0 Å². The molecule has 1 atom stereocenters. The average molecular weight is 436 g/mol. The van der Waals surface area contributed by atoms with Gasteiger partial charge in [0.05, 0.1) is 19.3 Å². The molecule has 4 rings (SSSR count). The Morgan fingerprint density at radius 1 is 1.19 bits per heavy atom. The van der Waals surface area contributed by atoms with Gasteiger partial charge in [0.15, 0.2) is 0 Å². The third-order valence-electron chi connectivity index (χ3n) is 5.75. The summed E-state index contributed by atoms with van der Waals surface area (Å²) in [6.45, 7) is 5.58. The number of aromatic hydroxyl groups is 1. The molecule has 2 aromatic carbocycles. The summed E-state index contributed by atoms with van der Waals surface area (Å²) in [6.07, 6.45) is 2.04. The molecule has 32 heavy (non-hydrogen) atoms. The minimum atomic E-state index is -0.365. The van der Waals surface area contributed by atoms with Crippen molar-refractivity contribution in [1.29, 1.82) is 0 Å². The monoisotopic (exact) mass is 435 g/mol. The van der Waals surface area contributed by atoms with Gasteiger partial charge in [-0.05, 0) is 43.2 Å². The number of phenols is 1. The van der Waals surface area contributed by atoms with Gasteiger partial charge in [-0.15, -0.1) is 0 Å². The molecule has 0 unspecified atom stereocenters. The highest BCUT2D eigenvalue weighted by Crippen LogP contribution is 2.44. The van der Waals surface area contributed by atoms with Crippen LogP contribution in [0.2, 0.25) is 0 Å². The number of aryl methyl sites for hydroxylation is 1. The molecule has 2 heterocycles. The van der Waals surface area contributed by atoms with Crippen LogP contribution < -0.4 is 4.74 Å². The first-order valence-electron chi connectivity index (χ1n) is 11.0. The molecule has 3 aromatic rings. The number of phenolic OH excluding ortho intramolecular Hbond substituents is 1. The lowest BCUT2D eigenvalue weighted by Gasteiger charge is -2.26. The van der Waals surface area contributed by atoms with Gasteiger partial charge in [0.2, 0.25) is 0 Å². The van der Waals surface area contributed by atoms with E-state index in [-0.39, 0.29) is 17.7 Å². The Morgan fingerprint density at radius 2 is 2.03 bits per heavy atom. The maximum atomic E-state index is 13.3. The summed E-state index contributed by atoms with van der Waals surface area (Å²) in [7, 11) is 1.62. The number of carbonyl (C=O) groups excluding carboxylic acids is 1. The summed E-state index contributed by atoms with van der Waals surface area (Å²) < 4.78 is 11.2. The molecular formula is C25H29N3O4. The van der Waals surface area contributed by atoms with E-state index in [4.69, 9.17) is 9.47 Å². The molecular weight excluding hydrogens is 406 g/mol. The number of fused-ring (bicyclic) bond motifs is 1. The number of hydrogen-bond acceptors (Lipinski definition) is 5. The number of nitrogens with one attached hydrogen (secondary N) is 1. The average Bonchev–Trinajstić information content (AvgIpc) is 3.33. The van der Waals surface area contributed by atoms with Crippen molar-refractivity contribution < 1.29 is 19.4 Å². The lowest BCUT2D eigenvalue weighted by molar-refractivity contribution is 0.0677. The van der Waals surface area contributed by atoms with Gasteiger partial charge in [0.1, 0.15) is 22.9 Å². The highest BCUT2D eigenvalue weighted by Gasteiger charge is 2.42. The molecule has 0 fully saturated rings. The SMILES string of the molecule is CCCCOc1cccc([C@@H]2c3c(-c4cc(C)ccc4O)n[nH]c3C(=O)N2CCOC)c1. The van der Waals surface area contributed by atoms with Crippen molar-refractivity contribution in [3.8, 4) is 22.8 Å². The molecule has 0 spiro atoms. The van der Waals surface area contributed by atoms with Crippen molar-refractivity contribution in [3.63, 3.8) is 0 Å². The number of aromatic nitrogens is 2. The predicted octanol–water partition coefficient (Wildman–Crippen LogP) is 4.46. The number of methoxy groups -OCH3 is 1. The van der Waals surface area contributed by atoms with Gasteiger partial charge < -0.3 is 19.5 Å². The highest BCUT2D eigenvalue weighted by molar-refractivity contribution is 6.00. The summed E-state index contributed by atoms with van der Waals surface area (Å²) in [5, 5.41) is 17.9. The third kappa shape index (κ3) is 4.08. The number of nitrogens with zero attached hydrogens (tertiary/aromatic N) is 2. The second-order valence-electron chi connectivity index (χ2n) is 8.05. The molecule has 7 heteroatoms. The Hall–Kier alpha value is -3.32. The molecule has 1 aromatic heterocycles. The van der Waals surface area contributed by atoms with Crippen molar-refractivity contribution in [1.82, 2.24) is 15.1 Å². The smallest absolute Gasteiger partial charge is 0.273 e. The first kappa shape index (κ1) is 21.9. The largest absolute Gasteiger partial charge is 0.507 e. The number of amides is 1. The normalized spacial score (nSPS) is 15.3. The fourth-order valence-corrected chi connectivity index (χ4v) is 4.12. The molecule has 168 valence electrons. The zero-order valence-electron chi connectivity index (χ0n) is 18.7. The van der Waals surface area contributed by atoms with Crippen molar-refractivity contribution in [2.75, 3.05) is 26.9 Å². The molecule has 2 N–H and O–H groups in total. The van der Waals surface area contributed by atoms with E-state index in [0.29, 0.717) is 36.7 Å². The van der Waals surface area contributed by atoms with Crippen molar-refractivity contribution in [2.24, 2.45) is 0 Å². The molecule has 0 radical (unpaired) electrons. The molecule has 1 aliphatic heterocycles. The number of aromatic amines is 1. The Bertz CT molecular complexity index is 1110. The van der Waals surface area contributed by atoms with E-state index in [1.807, 2.05) is 43.3 Å². The minimum absolute atomic E-state index is 0.128. The predicted molar refractivity (Wildman–Crippen MR) is 122 cm³/mol. The van der Waals surface area contributed by atoms with Crippen LogP contribution in [0.1, 0.15) is 53.0 Å². The molecule has 1 aliphatic rings. The number of rotatable bonds is 9. The van der Waals surface area contributed by atoms with Crippen LogP contribution in [0.3, 0.4) is 0 Å². The second kappa shape index (κ2) is 9.44. The lowest BCUT2D eigenvalue weighted by Crippen LogP contribution is -2.32. The molecule has 1 amide bonds. The number of benzene rings is 2. The van der Waals surface area contributed by atoms with E-state index in [9.17, 15) is 9.90 Å². The second-order valence-corrected chi connectivity index (χ2v) is 8.05. The van der Waals surface area contributed by atoms with E-state index in [2.05, 4.69) is 17.1 Å². The lowest BCUT2D eigenvalue weighted by atomic mass is 9.95. The van der Waals surface area contributed by atoms with E-state index in [1.54, 1.807) is 18.1 Å². The van der Waals surface area contributed by atoms with Crippen LogP contribution in [-0.2, 0) is 4.74 Å². The highest BCUT2D eigenvalue weighted by atomic mass is 16.5. The van der Waals surface area contributed by atoms with Crippen LogP contribution in [0, 0.1) is 6.92 Å². The quantitative estimate of drug-likeness (QED) is 0.485. The summed E-state index contributed by atoms with van der Waals surface area (Å²) in [4.78, 5) is 15.1. The van der Waals surface area contributed by atoms with Gasteiger partial charge in [0, 0.05) is 24.8 Å². The number of H-pyrrole nitrogens is 1. The molecule has 7 nitrogen and oxygen atoms in total. The Kier molecular flexibility index (Phi) is 6.46. The molecule has 0 saturated carbocycles. The zero-order valence-corrected chi connectivity index (χ0v) is 18.7.